The number of rotatable bonds is 33. The molecular weight excluding hydrogens is 558 g/mol. The standard InChI is InChI=1S/C40H73NO4/c1-3-5-7-9-11-13-15-17-19-21-23-25-27-29-31-33-38-41-40(35-42,36-44-38)37-45-39(43)34-32-30-28-26-24-22-20-18-16-14-12-10-8-6-4-2/h17-20,42H,3-16,21-37H2,1-2H3/b19-17-,20-18-. The van der Waals surface area contributed by atoms with Gasteiger partial charge in [-0.1, -0.05) is 141 Å². The number of carbonyl (C=O) groups is 1. The molecule has 0 radical (unpaired) electrons. The molecule has 45 heavy (non-hydrogen) atoms. The van der Waals surface area contributed by atoms with Crippen molar-refractivity contribution in [3.8, 4) is 0 Å². The summed E-state index contributed by atoms with van der Waals surface area (Å²) in [5, 5.41) is 9.98. The molecule has 0 fully saturated rings. The smallest absolute Gasteiger partial charge is 0.305 e. The van der Waals surface area contributed by atoms with Crippen LogP contribution in [-0.4, -0.2) is 42.3 Å². The third-order valence-corrected chi connectivity index (χ3v) is 8.96. The minimum Gasteiger partial charge on any atom is -0.478 e. The second kappa shape index (κ2) is 31.0. The number of hydrogen-bond acceptors (Lipinski definition) is 5. The van der Waals surface area contributed by atoms with Crippen molar-refractivity contribution in [3.05, 3.63) is 24.3 Å². The molecule has 0 amide bonds. The molecule has 0 aromatic rings. The van der Waals surface area contributed by atoms with Crippen LogP contribution in [0.1, 0.15) is 194 Å². The summed E-state index contributed by atoms with van der Waals surface area (Å²) in [6.45, 7) is 4.77. The van der Waals surface area contributed by atoms with Crippen LogP contribution < -0.4 is 0 Å². The molecule has 1 N–H and O–H groups in total. The van der Waals surface area contributed by atoms with E-state index in [-0.39, 0.29) is 19.2 Å². The number of ether oxygens (including phenoxy) is 2. The Bertz CT molecular complexity index is 761. The van der Waals surface area contributed by atoms with Gasteiger partial charge in [-0.05, 0) is 64.2 Å². The van der Waals surface area contributed by atoms with Gasteiger partial charge in [0.25, 0.3) is 0 Å². The Kier molecular flexibility index (Phi) is 28.5. The van der Waals surface area contributed by atoms with Crippen molar-refractivity contribution >= 4 is 11.9 Å². The number of hydrogen-bond donors (Lipinski definition) is 1. The minimum atomic E-state index is -0.824. The summed E-state index contributed by atoms with van der Waals surface area (Å²) in [5.41, 5.74) is -0.824. The van der Waals surface area contributed by atoms with E-state index in [1.54, 1.807) is 0 Å². The van der Waals surface area contributed by atoms with Crippen molar-refractivity contribution in [2.75, 3.05) is 19.8 Å². The van der Waals surface area contributed by atoms with Crippen molar-refractivity contribution in [1.29, 1.82) is 0 Å². The minimum absolute atomic E-state index is 0.100. The quantitative estimate of drug-likeness (QED) is 0.0444. The van der Waals surface area contributed by atoms with Gasteiger partial charge in [0, 0.05) is 12.8 Å². The van der Waals surface area contributed by atoms with Gasteiger partial charge in [0.1, 0.15) is 13.2 Å². The lowest BCUT2D eigenvalue weighted by Gasteiger charge is -2.20. The highest BCUT2D eigenvalue weighted by atomic mass is 16.5. The lowest BCUT2D eigenvalue weighted by Crippen LogP contribution is -2.39. The predicted octanol–water partition coefficient (Wildman–Crippen LogP) is 11.8. The summed E-state index contributed by atoms with van der Waals surface area (Å²) in [7, 11) is 0. The number of carbonyl (C=O) groups excluding carboxylic acids is 1. The second-order valence-electron chi connectivity index (χ2n) is 13.5. The molecule has 0 aliphatic carbocycles. The van der Waals surface area contributed by atoms with E-state index in [0.29, 0.717) is 18.9 Å². The number of allylic oxidation sites excluding steroid dienone is 4. The third-order valence-electron chi connectivity index (χ3n) is 8.96. The van der Waals surface area contributed by atoms with E-state index in [2.05, 4.69) is 43.1 Å². The highest BCUT2D eigenvalue weighted by Gasteiger charge is 2.37. The molecule has 262 valence electrons. The Morgan fingerprint density at radius 3 is 1.56 bits per heavy atom. The Labute approximate surface area is 279 Å². The normalized spacial score (nSPS) is 16.6. The third kappa shape index (κ3) is 25.2. The van der Waals surface area contributed by atoms with Gasteiger partial charge in [0.05, 0.1) is 6.61 Å². The number of aliphatic imine (C=N–C) groups is 1. The average Bonchev–Trinajstić information content (AvgIpc) is 3.47. The predicted molar refractivity (Wildman–Crippen MR) is 193 cm³/mol. The number of aliphatic hydroxyl groups is 1. The first-order chi connectivity index (χ1) is 22.2. The van der Waals surface area contributed by atoms with E-state index in [4.69, 9.17) is 9.47 Å². The first-order valence-electron chi connectivity index (χ1n) is 19.4. The maximum absolute atomic E-state index is 12.3. The van der Waals surface area contributed by atoms with Crippen molar-refractivity contribution in [2.45, 2.75) is 199 Å². The summed E-state index contributed by atoms with van der Waals surface area (Å²) in [6, 6.07) is 0. The monoisotopic (exact) mass is 632 g/mol. The summed E-state index contributed by atoms with van der Waals surface area (Å²) < 4.78 is 11.3. The molecule has 1 heterocycles. The summed E-state index contributed by atoms with van der Waals surface area (Å²) in [6.07, 6.45) is 43.4. The van der Waals surface area contributed by atoms with Crippen molar-refractivity contribution in [1.82, 2.24) is 0 Å². The number of esters is 1. The Morgan fingerprint density at radius 1 is 0.667 bits per heavy atom. The van der Waals surface area contributed by atoms with Gasteiger partial charge in [0.2, 0.25) is 0 Å². The van der Waals surface area contributed by atoms with Gasteiger partial charge in [-0.15, -0.1) is 0 Å². The summed E-state index contributed by atoms with van der Waals surface area (Å²) >= 11 is 0. The fraction of sp³-hybridized carbons (Fsp3) is 0.850. The van der Waals surface area contributed by atoms with Crippen LogP contribution in [0.3, 0.4) is 0 Å². The zero-order chi connectivity index (χ0) is 32.5. The molecule has 5 nitrogen and oxygen atoms in total. The van der Waals surface area contributed by atoms with Crippen LogP contribution in [-0.2, 0) is 14.3 Å². The highest BCUT2D eigenvalue weighted by Crippen LogP contribution is 2.22. The first kappa shape index (κ1) is 41.4. The van der Waals surface area contributed by atoms with Gasteiger partial charge >= 0.3 is 5.97 Å². The molecule has 5 heteroatoms. The molecule has 0 aromatic carbocycles. The first-order valence-corrected chi connectivity index (χ1v) is 19.4. The molecule has 0 bridgehead atoms. The zero-order valence-corrected chi connectivity index (χ0v) is 29.8. The van der Waals surface area contributed by atoms with Crippen molar-refractivity contribution < 1.29 is 19.4 Å². The van der Waals surface area contributed by atoms with Crippen LogP contribution in [0.4, 0.5) is 0 Å². The summed E-state index contributed by atoms with van der Waals surface area (Å²) in [4.78, 5) is 16.9. The molecule has 0 aromatic heterocycles. The lowest BCUT2D eigenvalue weighted by atomic mass is 10.1. The van der Waals surface area contributed by atoms with Gasteiger partial charge < -0.3 is 14.6 Å². The molecular formula is C40H73NO4. The molecule has 1 unspecified atom stereocenters. The van der Waals surface area contributed by atoms with E-state index in [9.17, 15) is 9.90 Å². The van der Waals surface area contributed by atoms with Crippen LogP contribution in [0.25, 0.3) is 0 Å². The topological polar surface area (TPSA) is 68.1 Å². The van der Waals surface area contributed by atoms with Crippen molar-refractivity contribution in [3.63, 3.8) is 0 Å². The van der Waals surface area contributed by atoms with E-state index < -0.39 is 5.54 Å². The van der Waals surface area contributed by atoms with E-state index >= 15 is 0 Å². The fourth-order valence-electron chi connectivity index (χ4n) is 5.85. The van der Waals surface area contributed by atoms with Gasteiger partial charge in [-0.25, -0.2) is 4.99 Å². The maximum Gasteiger partial charge on any atom is 0.305 e. The Hall–Kier alpha value is -1.62. The van der Waals surface area contributed by atoms with Crippen molar-refractivity contribution in [2.24, 2.45) is 4.99 Å². The molecule has 0 saturated heterocycles. The van der Waals surface area contributed by atoms with Gasteiger partial charge in [0.15, 0.2) is 11.4 Å². The maximum atomic E-state index is 12.3. The van der Waals surface area contributed by atoms with Gasteiger partial charge in [-0.3, -0.25) is 4.79 Å². The van der Waals surface area contributed by atoms with Crippen LogP contribution in [0, 0.1) is 0 Å². The number of unbranched alkanes of at least 4 members (excludes halogenated alkanes) is 22. The Morgan fingerprint density at radius 2 is 1.09 bits per heavy atom. The molecule has 1 aliphatic rings. The van der Waals surface area contributed by atoms with Crippen LogP contribution in [0.2, 0.25) is 0 Å². The number of aliphatic hydroxyl groups excluding tert-OH is 1. The van der Waals surface area contributed by atoms with Crippen LogP contribution in [0.5, 0.6) is 0 Å². The molecule has 1 atom stereocenters. The average molecular weight is 632 g/mol. The molecule has 1 aliphatic heterocycles. The number of nitrogens with zero attached hydrogens (tertiary/aromatic N) is 1. The van der Waals surface area contributed by atoms with E-state index in [1.807, 2.05) is 0 Å². The van der Waals surface area contributed by atoms with Crippen LogP contribution in [0.15, 0.2) is 29.3 Å². The van der Waals surface area contributed by atoms with Crippen LogP contribution >= 0.6 is 0 Å². The highest BCUT2D eigenvalue weighted by molar-refractivity contribution is 5.78. The SMILES string of the molecule is CCCCCCCC/C=C\CCCCCCCC(=O)OCC1(CO)COC(CCCCCCC/C=C\CCCCCCCC)=N1. The van der Waals surface area contributed by atoms with Gasteiger partial charge in [-0.2, -0.15) is 0 Å². The largest absolute Gasteiger partial charge is 0.478 e. The molecule has 0 saturated carbocycles. The zero-order valence-electron chi connectivity index (χ0n) is 29.8. The van der Waals surface area contributed by atoms with E-state index in [1.165, 1.54) is 141 Å². The second-order valence-corrected chi connectivity index (χ2v) is 13.5. The fourth-order valence-corrected chi connectivity index (χ4v) is 5.85. The summed E-state index contributed by atoms with van der Waals surface area (Å²) in [5.74, 6) is 0.510. The molecule has 0 spiro atoms. The van der Waals surface area contributed by atoms with E-state index in [0.717, 1.165) is 32.1 Å². The Balaban J connectivity index is 1.99. The lowest BCUT2D eigenvalue weighted by molar-refractivity contribution is -0.146. The molecule has 1 rings (SSSR count).